The first kappa shape index (κ1) is 21.8. The summed E-state index contributed by atoms with van der Waals surface area (Å²) in [6.45, 7) is 1.84. The van der Waals surface area contributed by atoms with Crippen LogP contribution in [0.15, 0.2) is 18.3 Å². The lowest BCUT2D eigenvalue weighted by Crippen LogP contribution is -2.42. The average Bonchev–Trinajstić information content (AvgIpc) is 3.15. The maximum atomic E-state index is 15.0. The van der Waals surface area contributed by atoms with Gasteiger partial charge < -0.3 is 24.6 Å². The van der Waals surface area contributed by atoms with Gasteiger partial charge in [0.25, 0.3) is 0 Å². The van der Waals surface area contributed by atoms with E-state index in [0.29, 0.717) is 37.2 Å². The first-order valence-corrected chi connectivity index (χ1v) is 10.6. The van der Waals surface area contributed by atoms with Crippen molar-refractivity contribution in [2.24, 2.45) is 0 Å². The molecule has 2 aromatic heterocycles. The van der Waals surface area contributed by atoms with Crippen LogP contribution < -0.4 is 10.2 Å². The summed E-state index contributed by atoms with van der Waals surface area (Å²) in [5, 5.41) is 13.0. The number of aromatic nitrogens is 4. The number of aryl methyl sites for hydroxylation is 1. The van der Waals surface area contributed by atoms with Crippen molar-refractivity contribution < 1.29 is 27.4 Å². The van der Waals surface area contributed by atoms with Gasteiger partial charge in [0.2, 0.25) is 11.9 Å². The van der Waals surface area contributed by atoms with Crippen molar-refractivity contribution >= 4 is 22.9 Å². The van der Waals surface area contributed by atoms with Gasteiger partial charge in [0.1, 0.15) is 11.1 Å². The van der Waals surface area contributed by atoms with Crippen LogP contribution in [0.5, 0.6) is 0 Å². The van der Waals surface area contributed by atoms with E-state index in [1.807, 2.05) is 11.9 Å². The molecule has 0 saturated carbocycles. The number of rotatable bonds is 3. The molecule has 176 valence electrons. The predicted molar refractivity (Wildman–Crippen MR) is 112 cm³/mol. The van der Waals surface area contributed by atoms with Crippen LogP contribution in [0.4, 0.5) is 29.5 Å². The normalized spacial score (nSPS) is 21.3. The zero-order chi connectivity index (χ0) is 23.3. The zero-order valence-electron chi connectivity index (χ0n) is 17.7. The smallest absolute Gasteiger partial charge is 0.389 e. The van der Waals surface area contributed by atoms with Gasteiger partial charge in [-0.3, -0.25) is 0 Å². The van der Waals surface area contributed by atoms with E-state index >= 15 is 4.39 Å². The third kappa shape index (κ3) is 3.97. The van der Waals surface area contributed by atoms with E-state index in [2.05, 4.69) is 20.3 Å². The summed E-state index contributed by atoms with van der Waals surface area (Å²) >= 11 is 0. The number of hydrogen-bond donors (Lipinski definition) is 2. The molecule has 8 nitrogen and oxygen atoms in total. The highest BCUT2D eigenvalue weighted by Crippen LogP contribution is 2.38. The van der Waals surface area contributed by atoms with Crippen molar-refractivity contribution in [3.05, 3.63) is 29.7 Å². The zero-order valence-corrected chi connectivity index (χ0v) is 17.7. The van der Waals surface area contributed by atoms with Gasteiger partial charge in [-0.15, -0.1) is 0 Å². The fourth-order valence-corrected chi connectivity index (χ4v) is 4.32. The van der Waals surface area contributed by atoms with Crippen molar-refractivity contribution in [1.29, 1.82) is 0 Å². The predicted octanol–water partition coefficient (Wildman–Crippen LogP) is 3.05. The molecule has 0 aliphatic carbocycles. The Kier molecular flexibility index (Phi) is 5.36. The molecule has 1 aromatic carbocycles. The Morgan fingerprint density at radius 2 is 2.03 bits per heavy atom. The molecule has 1 fully saturated rings. The van der Waals surface area contributed by atoms with Crippen LogP contribution in [-0.2, 0) is 17.5 Å². The molecular formula is C21H22F4N6O2. The fourth-order valence-electron chi connectivity index (χ4n) is 4.32. The van der Waals surface area contributed by atoms with E-state index in [0.717, 1.165) is 19.0 Å². The lowest BCUT2D eigenvalue weighted by Gasteiger charge is -2.28. The van der Waals surface area contributed by atoms with Gasteiger partial charge in [0.05, 0.1) is 30.0 Å². The Labute approximate surface area is 186 Å². The first-order valence-electron chi connectivity index (χ1n) is 10.6. The lowest BCUT2D eigenvalue weighted by atomic mass is 10.1. The van der Waals surface area contributed by atoms with Gasteiger partial charge in [0, 0.05) is 38.5 Å². The van der Waals surface area contributed by atoms with E-state index in [9.17, 15) is 18.3 Å². The molecule has 0 unspecified atom stereocenters. The molecule has 2 aliphatic rings. The van der Waals surface area contributed by atoms with Crippen LogP contribution in [0.25, 0.3) is 22.3 Å². The van der Waals surface area contributed by atoms with Crippen LogP contribution in [0, 0.1) is 5.82 Å². The molecule has 2 atom stereocenters. The van der Waals surface area contributed by atoms with Gasteiger partial charge in [-0.1, -0.05) is 0 Å². The number of nitrogens with zero attached hydrogens (tertiary/aromatic N) is 5. The molecule has 12 heteroatoms. The van der Waals surface area contributed by atoms with Crippen molar-refractivity contribution in [2.75, 3.05) is 37.0 Å². The summed E-state index contributed by atoms with van der Waals surface area (Å²) < 4.78 is 63.4. The monoisotopic (exact) mass is 466 g/mol. The number of benzene rings is 1. The lowest BCUT2D eigenvalue weighted by molar-refractivity contribution is -0.137. The Morgan fingerprint density at radius 3 is 2.79 bits per heavy atom. The number of nitrogens with one attached hydrogen (secondary N) is 1. The largest absolute Gasteiger partial charge is 0.419 e. The third-order valence-corrected chi connectivity index (χ3v) is 6.01. The van der Waals surface area contributed by atoms with Gasteiger partial charge in [0.15, 0.2) is 5.82 Å². The number of aliphatic hydroxyl groups is 1. The Hall–Kier alpha value is -2.99. The second-order valence-corrected chi connectivity index (χ2v) is 8.30. The van der Waals surface area contributed by atoms with Gasteiger partial charge in [-0.25, -0.2) is 19.3 Å². The number of halogens is 4. The molecule has 3 aromatic rings. The van der Waals surface area contributed by atoms with Crippen molar-refractivity contribution in [1.82, 2.24) is 19.5 Å². The standard InChI is InChI=1S/C21H22F4N6O2/c1-30-4-2-5-31-15-8-11(7-13(22)18(15)29-20(30)31)17-12(21(23,24)25)9-26-19(28-17)27-14-3-6-33-10-16(14)32/h7-9,14,16,32H,2-6,10H2,1H3,(H,26,27,28)/t14-,16-/m1/s1. The van der Waals surface area contributed by atoms with E-state index in [4.69, 9.17) is 4.74 Å². The Morgan fingerprint density at radius 1 is 1.21 bits per heavy atom. The van der Waals surface area contributed by atoms with Crippen molar-refractivity contribution in [3.8, 4) is 11.3 Å². The molecule has 0 spiro atoms. The Balaban J connectivity index is 1.62. The van der Waals surface area contributed by atoms with E-state index in [1.165, 1.54) is 6.07 Å². The SMILES string of the molecule is CN1CCCn2c1nc1c(F)cc(-c3nc(N[C@@H]4CCOC[C@H]4O)ncc3C(F)(F)F)cc12. The maximum Gasteiger partial charge on any atom is 0.419 e. The molecule has 5 rings (SSSR count). The second kappa shape index (κ2) is 8.10. The van der Waals surface area contributed by atoms with E-state index < -0.39 is 35.4 Å². The van der Waals surface area contributed by atoms with E-state index in [1.54, 1.807) is 4.57 Å². The molecule has 0 bridgehead atoms. The van der Waals surface area contributed by atoms with Crippen LogP contribution in [-0.4, -0.2) is 63.6 Å². The summed E-state index contributed by atoms with van der Waals surface area (Å²) in [5.74, 6) is -0.236. The summed E-state index contributed by atoms with van der Waals surface area (Å²) in [6, 6.07) is 2.03. The average molecular weight is 466 g/mol. The highest BCUT2D eigenvalue weighted by Gasteiger charge is 2.36. The minimum Gasteiger partial charge on any atom is -0.389 e. The van der Waals surface area contributed by atoms with Crippen molar-refractivity contribution in [2.45, 2.75) is 37.7 Å². The number of imidazole rings is 1. The fraction of sp³-hybridized carbons (Fsp3) is 0.476. The molecular weight excluding hydrogens is 444 g/mol. The summed E-state index contributed by atoms with van der Waals surface area (Å²) in [7, 11) is 1.84. The van der Waals surface area contributed by atoms with Gasteiger partial charge in [-0.05, 0) is 25.0 Å². The summed E-state index contributed by atoms with van der Waals surface area (Å²) in [5.41, 5.74) is -1.03. The molecule has 4 heterocycles. The van der Waals surface area contributed by atoms with Crippen LogP contribution in [0.3, 0.4) is 0 Å². The molecule has 0 amide bonds. The summed E-state index contributed by atoms with van der Waals surface area (Å²) in [4.78, 5) is 14.1. The molecule has 33 heavy (non-hydrogen) atoms. The molecule has 2 aliphatic heterocycles. The number of alkyl halides is 3. The van der Waals surface area contributed by atoms with E-state index in [-0.39, 0.29) is 23.6 Å². The van der Waals surface area contributed by atoms with Crippen LogP contribution >= 0.6 is 0 Å². The number of anilines is 2. The number of fused-ring (bicyclic) bond motifs is 3. The Bertz CT molecular complexity index is 1200. The second-order valence-electron chi connectivity index (χ2n) is 8.30. The van der Waals surface area contributed by atoms with Gasteiger partial charge >= 0.3 is 6.18 Å². The van der Waals surface area contributed by atoms with Crippen molar-refractivity contribution in [3.63, 3.8) is 0 Å². The minimum absolute atomic E-state index is 0.0266. The number of hydrogen-bond acceptors (Lipinski definition) is 7. The van der Waals surface area contributed by atoms with Crippen LogP contribution in [0.1, 0.15) is 18.4 Å². The summed E-state index contributed by atoms with van der Waals surface area (Å²) in [6.07, 6.45) is -3.66. The number of ether oxygens (including phenoxy) is 1. The highest BCUT2D eigenvalue weighted by atomic mass is 19.4. The molecule has 0 radical (unpaired) electrons. The highest BCUT2D eigenvalue weighted by molar-refractivity contribution is 5.85. The van der Waals surface area contributed by atoms with Gasteiger partial charge in [-0.2, -0.15) is 13.2 Å². The maximum absolute atomic E-state index is 15.0. The first-order chi connectivity index (χ1) is 15.7. The topological polar surface area (TPSA) is 88.3 Å². The van der Waals surface area contributed by atoms with Crippen LogP contribution in [0.2, 0.25) is 0 Å². The third-order valence-electron chi connectivity index (χ3n) is 6.01. The molecule has 2 N–H and O–H groups in total. The number of aliphatic hydroxyl groups excluding tert-OH is 1. The minimum atomic E-state index is -4.74. The quantitative estimate of drug-likeness (QED) is 0.574. The molecule has 1 saturated heterocycles.